The van der Waals surface area contributed by atoms with Crippen molar-refractivity contribution in [2.24, 2.45) is 0 Å². The van der Waals surface area contributed by atoms with E-state index in [1.54, 1.807) is 20.5 Å². The molecule has 6 nitrogen and oxygen atoms in total. The molecule has 2 heterocycles. The van der Waals surface area contributed by atoms with Gasteiger partial charge in [-0.3, -0.25) is 4.79 Å². The summed E-state index contributed by atoms with van der Waals surface area (Å²) in [6.07, 6.45) is 1.81. The van der Waals surface area contributed by atoms with Crippen LogP contribution in [-0.4, -0.2) is 25.1 Å². The van der Waals surface area contributed by atoms with Gasteiger partial charge in [0.1, 0.15) is 0 Å². The van der Waals surface area contributed by atoms with Crippen molar-refractivity contribution in [1.82, 2.24) is 10.3 Å². The van der Waals surface area contributed by atoms with Gasteiger partial charge in [-0.2, -0.15) is 0 Å². The zero-order chi connectivity index (χ0) is 17.6. The molecule has 2 aromatic heterocycles. The third kappa shape index (κ3) is 4.00. The molecule has 130 valence electrons. The minimum atomic E-state index is -0.110. The quantitative estimate of drug-likeness (QED) is 0.702. The number of hydrogen-bond donors (Lipinski definition) is 1. The summed E-state index contributed by atoms with van der Waals surface area (Å²) in [6.45, 7) is 0.356. The molecular weight excluding hydrogens is 340 g/mol. The molecule has 0 unspecified atom stereocenters. The molecule has 3 rings (SSSR count). The Morgan fingerprint density at radius 1 is 1.24 bits per heavy atom. The number of methoxy groups -OCH3 is 2. The first-order chi connectivity index (χ1) is 12.2. The lowest BCUT2D eigenvalue weighted by Gasteiger charge is -2.13. The Morgan fingerprint density at radius 3 is 2.84 bits per heavy atom. The maximum atomic E-state index is 12.2. The van der Waals surface area contributed by atoms with Crippen molar-refractivity contribution in [3.05, 3.63) is 53.2 Å². The van der Waals surface area contributed by atoms with E-state index in [2.05, 4.69) is 10.3 Å². The molecule has 0 saturated heterocycles. The van der Waals surface area contributed by atoms with Crippen molar-refractivity contribution in [3.63, 3.8) is 0 Å². The van der Waals surface area contributed by atoms with Crippen LogP contribution in [0.2, 0.25) is 0 Å². The fourth-order valence-corrected chi connectivity index (χ4v) is 3.20. The molecule has 0 aliphatic carbocycles. The Labute approximate surface area is 149 Å². The van der Waals surface area contributed by atoms with Crippen LogP contribution in [0.5, 0.6) is 11.5 Å². The summed E-state index contributed by atoms with van der Waals surface area (Å²) in [5.41, 5.74) is 1.57. The Hall–Kier alpha value is -2.80. The summed E-state index contributed by atoms with van der Waals surface area (Å²) in [4.78, 5) is 16.6. The summed E-state index contributed by atoms with van der Waals surface area (Å²) >= 11 is 1.45. The highest BCUT2D eigenvalue weighted by Crippen LogP contribution is 2.30. The number of benzene rings is 1. The summed E-state index contributed by atoms with van der Waals surface area (Å²) in [5.74, 6) is 1.86. The van der Waals surface area contributed by atoms with Gasteiger partial charge in [-0.15, -0.1) is 11.3 Å². The lowest BCUT2D eigenvalue weighted by atomic mass is 10.2. The van der Waals surface area contributed by atoms with E-state index in [9.17, 15) is 4.79 Å². The first kappa shape index (κ1) is 17.0. The molecular formula is C18H18N2O4S. The normalized spacial score (nSPS) is 10.5. The number of nitrogens with zero attached hydrogens (tertiary/aromatic N) is 1. The molecule has 0 spiro atoms. The van der Waals surface area contributed by atoms with Crippen LogP contribution in [0.25, 0.3) is 10.8 Å². The molecule has 0 aliphatic heterocycles. The topological polar surface area (TPSA) is 73.6 Å². The second kappa shape index (κ2) is 7.85. The molecule has 1 N–H and O–H groups in total. The number of carbonyl (C=O) groups excluding carboxylic acids is 1. The number of amides is 1. The van der Waals surface area contributed by atoms with Crippen LogP contribution in [0.15, 0.2) is 46.4 Å². The lowest BCUT2D eigenvalue weighted by Crippen LogP contribution is -2.25. The number of para-hydroxylation sites is 1. The smallest absolute Gasteiger partial charge is 0.226 e. The third-order valence-electron chi connectivity index (χ3n) is 3.59. The molecule has 7 heteroatoms. The van der Waals surface area contributed by atoms with Gasteiger partial charge in [-0.1, -0.05) is 12.1 Å². The molecule has 0 fully saturated rings. The average Bonchev–Trinajstić information content (AvgIpc) is 3.30. The van der Waals surface area contributed by atoms with E-state index in [1.807, 2.05) is 35.7 Å². The zero-order valence-corrected chi connectivity index (χ0v) is 14.8. The van der Waals surface area contributed by atoms with E-state index in [0.717, 1.165) is 10.6 Å². The minimum Gasteiger partial charge on any atom is -0.493 e. The number of aromatic nitrogens is 1. The number of nitrogens with one attached hydrogen (secondary N) is 1. The van der Waals surface area contributed by atoms with Gasteiger partial charge < -0.3 is 19.2 Å². The van der Waals surface area contributed by atoms with Crippen molar-refractivity contribution in [1.29, 1.82) is 0 Å². The predicted molar refractivity (Wildman–Crippen MR) is 94.9 cm³/mol. The highest BCUT2D eigenvalue weighted by atomic mass is 32.1. The van der Waals surface area contributed by atoms with E-state index >= 15 is 0 Å². The lowest BCUT2D eigenvalue weighted by molar-refractivity contribution is -0.120. The maximum absolute atomic E-state index is 12.2. The van der Waals surface area contributed by atoms with Crippen LogP contribution in [-0.2, 0) is 17.8 Å². The van der Waals surface area contributed by atoms with Crippen molar-refractivity contribution < 1.29 is 18.7 Å². The van der Waals surface area contributed by atoms with Crippen LogP contribution in [0.4, 0.5) is 0 Å². The molecule has 3 aromatic rings. The molecule has 1 amide bonds. The molecule has 0 radical (unpaired) electrons. The number of furan rings is 1. The minimum absolute atomic E-state index is 0.110. The van der Waals surface area contributed by atoms with Crippen molar-refractivity contribution in [2.45, 2.75) is 13.0 Å². The molecule has 0 aliphatic rings. The van der Waals surface area contributed by atoms with Crippen LogP contribution in [0.3, 0.4) is 0 Å². The zero-order valence-electron chi connectivity index (χ0n) is 13.9. The first-order valence-electron chi connectivity index (χ1n) is 7.66. The van der Waals surface area contributed by atoms with Crippen molar-refractivity contribution in [2.75, 3.05) is 14.2 Å². The van der Waals surface area contributed by atoms with Crippen molar-refractivity contribution >= 4 is 17.2 Å². The second-order valence-corrected chi connectivity index (χ2v) is 6.09. The molecule has 0 atom stereocenters. The van der Waals surface area contributed by atoms with Gasteiger partial charge in [0, 0.05) is 17.5 Å². The molecule has 0 saturated carbocycles. The number of thiazole rings is 1. The Bertz CT molecular complexity index is 843. The molecule has 1 aromatic carbocycles. The van der Waals surface area contributed by atoms with E-state index in [4.69, 9.17) is 13.9 Å². The van der Waals surface area contributed by atoms with Crippen LogP contribution < -0.4 is 14.8 Å². The first-order valence-corrected chi connectivity index (χ1v) is 8.54. The number of hydrogen-bond acceptors (Lipinski definition) is 6. The predicted octanol–water partition coefficient (Wildman–Crippen LogP) is 3.28. The fraction of sp³-hybridized carbons (Fsp3) is 0.222. The monoisotopic (exact) mass is 358 g/mol. The van der Waals surface area contributed by atoms with E-state index in [1.165, 1.54) is 11.3 Å². The second-order valence-electron chi connectivity index (χ2n) is 5.23. The van der Waals surface area contributed by atoms with Crippen molar-refractivity contribution in [3.8, 4) is 22.3 Å². The van der Waals surface area contributed by atoms with E-state index < -0.39 is 0 Å². The Morgan fingerprint density at radius 2 is 2.12 bits per heavy atom. The van der Waals surface area contributed by atoms with E-state index in [-0.39, 0.29) is 12.3 Å². The highest BCUT2D eigenvalue weighted by Gasteiger charge is 2.13. The average molecular weight is 358 g/mol. The van der Waals surface area contributed by atoms with Gasteiger partial charge in [0.25, 0.3) is 0 Å². The molecule has 0 bridgehead atoms. The standard InChI is InChI=1S/C18H18N2O4S/c1-22-14-6-3-5-12(17(14)23-2)10-19-16(21)9-13-11-25-18(20-13)15-7-4-8-24-15/h3-8,11H,9-10H2,1-2H3,(H,19,21). The van der Waals surface area contributed by atoms with E-state index in [0.29, 0.717) is 29.5 Å². The van der Waals surface area contributed by atoms with Gasteiger partial charge in [-0.05, 0) is 18.2 Å². The van der Waals surface area contributed by atoms with Crippen LogP contribution in [0, 0.1) is 0 Å². The highest BCUT2D eigenvalue weighted by molar-refractivity contribution is 7.13. The Balaban J connectivity index is 1.60. The van der Waals surface area contributed by atoms with Gasteiger partial charge in [-0.25, -0.2) is 4.98 Å². The summed E-state index contributed by atoms with van der Waals surface area (Å²) in [5, 5.41) is 5.51. The van der Waals surface area contributed by atoms with Gasteiger partial charge in [0.05, 0.1) is 32.6 Å². The van der Waals surface area contributed by atoms with Gasteiger partial charge >= 0.3 is 0 Å². The summed E-state index contributed by atoms with van der Waals surface area (Å²) in [7, 11) is 3.16. The molecule has 25 heavy (non-hydrogen) atoms. The number of carbonyl (C=O) groups is 1. The number of rotatable bonds is 7. The number of ether oxygens (including phenoxy) is 2. The van der Waals surface area contributed by atoms with Gasteiger partial charge in [0.2, 0.25) is 5.91 Å². The SMILES string of the molecule is COc1cccc(CNC(=O)Cc2csc(-c3ccco3)n2)c1OC. The third-order valence-corrected chi connectivity index (χ3v) is 4.49. The Kier molecular flexibility index (Phi) is 5.35. The fourth-order valence-electron chi connectivity index (χ4n) is 2.42. The van der Waals surface area contributed by atoms with Crippen LogP contribution in [0.1, 0.15) is 11.3 Å². The maximum Gasteiger partial charge on any atom is 0.226 e. The summed E-state index contributed by atoms with van der Waals surface area (Å²) in [6, 6.07) is 9.22. The largest absolute Gasteiger partial charge is 0.493 e. The van der Waals surface area contributed by atoms with Gasteiger partial charge in [0.15, 0.2) is 22.3 Å². The van der Waals surface area contributed by atoms with Crippen LogP contribution >= 0.6 is 11.3 Å². The summed E-state index contributed by atoms with van der Waals surface area (Å²) < 4.78 is 15.9.